The zero-order valence-electron chi connectivity index (χ0n) is 25.5. The Bertz CT molecular complexity index is 1470. The Balaban J connectivity index is 1.54. The molecule has 238 valence electrons. The normalized spacial score (nSPS) is 12.6. The first kappa shape index (κ1) is 34.1. The molecule has 1 atom stereocenters. The maximum absolute atomic E-state index is 13.7. The van der Waals surface area contributed by atoms with Crippen LogP contribution in [-0.4, -0.2) is 35.7 Å². The standard InChI is InChI=1S/C37H39ClF3NO3/c1-26(2)22-32(36(43)44)29-16-9-18-31(23-29)45-21-11-20-42(24-30-17-10-19-34(35(30)38)37(39,40)41)25-33(27-12-5-3-6-13-27)28-14-7-4-8-15-28/h3-10,12-19,23,26,32-33H,11,20-22,24-25H2,1-2H3,(H,43,44)/t32-/m0/s1. The Morgan fingerprint density at radius 2 is 1.47 bits per heavy atom. The molecule has 0 aliphatic rings. The summed E-state index contributed by atoms with van der Waals surface area (Å²) in [7, 11) is 0. The molecule has 0 saturated carbocycles. The lowest BCUT2D eigenvalue weighted by molar-refractivity contribution is -0.139. The summed E-state index contributed by atoms with van der Waals surface area (Å²) in [6.45, 7) is 5.64. The Kier molecular flexibility index (Phi) is 12.1. The molecule has 4 rings (SSSR count). The molecule has 0 bridgehead atoms. The summed E-state index contributed by atoms with van der Waals surface area (Å²) >= 11 is 6.33. The van der Waals surface area contributed by atoms with Crippen LogP contribution in [0.15, 0.2) is 103 Å². The second-order valence-corrected chi connectivity index (χ2v) is 12.1. The van der Waals surface area contributed by atoms with Crippen LogP contribution in [0.1, 0.15) is 66.3 Å². The molecule has 8 heteroatoms. The van der Waals surface area contributed by atoms with Crippen LogP contribution in [0.4, 0.5) is 13.2 Å². The fraction of sp³-hybridized carbons (Fsp3) is 0.324. The summed E-state index contributed by atoms with van der Waals surface area (Å²) in [5.41, 5.74) is 2.47. The molecule has 0 heterocycles. The summed E-state index contributed by atoms with van der Waals surface area (Å²) in [6, 6.07) is 31.3. The van der Waals surface area contributed by atoms with Gasteiger partial charge in [0.1, 0.15) is 5.75 Å². The average molecular weight is 638 g/mol. The van der Waals surface area contributed by atoms with Crippen LogP contribution >= 0.6 is 11.6 Å². The molecule has 0 amide bonds. The van der Waals surface area contributed by atoms with Gasteiger partial charge in [-0.15, -0.1) is 0 Å². The first-order chi connectivity index (χ1) is 21.5. The van der Waals surface area contributed by atoms with Crippen molar-refractivity contribution in [1.82, 2.24) is 4.90 Å². The van der Waals surface area contributed by atoms with Gasteiger partial charge in [0, 0.05) is 25.6 Å². The molecule has 45 heavy (non-hydrogen) atoms. The fourth-order valence-electron chi connectivity index (χ4n) is 5.58. The van der Waals surface area contributed by atoms with E-state index in [0.717, 1.165) is 17.2 Å². The predicted molar refractivity (Wildman–Crippen MR) is 173 cm³/mol. The molecule has 0 spiro atoms. The third kappa shape index (κ3) is 9.84. The Hall–Kier alpha value is -3.81. The van der Waals surface area contributed by atoms with E-state index in [4.69, 9.17) is 16.3 Å². The molecular formula is C37H39ClF3NO3. The zero-order chi connectivity index (χ0) is 32.4. The monoisotopic (exact) mass is 637 g/mol. The van der Waals surface area contributed by atoms with Crippen LogP contribution in [0.2, 0.25) is 5.02 Å². The van der Waals surface area contributed by atoms with Crippen molar-refractivity contribution in [2.24, 2.45) is 5.92 Å². The van der Waals surface area contributed by atoms with Gasteiger partial charge in [0.05, 0.1) is 23.1 Å². The van der Waals surface area contributed by atoms with E-state index in [-0.39, 0.29) is 23.4 Å². The van der Waals surface area contributed by atoms with Gasteiger partial charge in [-0.1, -0.05) is 110 Å². The Morgan fingerprint density at radius 1 is 0.867 bits per heavy atom. The molecule has 1 N–H and O–H groups in total. The van der Waals surface area contributed by atoms with Crippen molar-refractivity contribution in [2.75, 3.05) is 19.7 Å². The summed E-state index contributed by atoms with van der Waals surface area (Å²) < 4.78 is 47.0. The van der Waals surface area contributed by atoms with E-state index >= 15 is 0 Å². The van der Waals surface area contributed by atoms with Crippen LogP contribution in [0.5, 0.6) is 5.75 Å². The highest BCUT2D eigenvalue weighted by molar-refractivity contribution is 6.32. The number of carbonyl (C=O) groups is 1. The zero-order valence-corrected chi connectivity index (χ0v) is 26.3. The highest BCUT2D eigenvalue weighted by atomic mass is 35.5. The molecule has 4 aromatic rings. The molecule has 0 aliphatic carbocycles. The van der Waals surface area contributed by atoms with Crippen molar-refractivity contribution in [1.29, 1.82) is 0 Å². The summed E-state index contributed by atoms with van der Waals surface area (Å²) in [5.74, 6) is -0.696. The van der Waals surface area contributed by atoms with Crippen molar-refractivity contribution in [3.63, 3.8) is 0 Å². The largest absolute Gasteiger partial charge is 0.494 e. The van der Waals surface area contributed by atoms with Crippen molar-refractivity contribution < 1.29 is 27.8 Å². The van der Waals surface area contributed by atoms with Gasteiger partial charge in [-0.3, -0.25) is 9.69 Å². The molecule has 4 aromatic carbocycles. The maximum atomic E-state index is 13.7. The highest BCUT2D eigenvalue weighted by Crippen LogP contribution is 2.37. The maximum Gasteiger partial charge on any atom is 0.417 e. The highest BCUT2D eigenvalue weighted by Gasteiger charge is 2.34. The molecule has 0 saturated heterocycles. The van der Waals surface area contributed by atoms with E-state index in [1.54, 1.807) is 24.3 Å². The van der Waals surface area contributed by atoms with Gasteiger partial charge in [-0.25, -0.2) is 0 Å². The quantitative estimate of drug-likeness (QED) is 0.132. The topological polar surface area (TPSA) is 49.8 Å². The van der Waals surface area contributed by atoms with Crippen molar-refractivity contribution in [2.45, 2.75) is 51.2 Å². The molecule has 0 radical (unpaired) electrons. The second kappa shape index (κ2) is 16.0. The average Bonchev–Trinajstić information content (AvgIpc) is 3.01. The van der Waals surface area contributed by atoms with Crippen molar-refractivity contribution >= 4 is 17.6 Å². The minimum atomic E-state index is -4.55. The van der Waals surface area contributed by atoms with E-state index in [2.05, 4.69) is 29.2 Å². The van der Waals surface area contributed by atoms with Gasteiger partial charge in [0.2, 0.25) is 0 Å². The summed E-state index contributed by atoms with van der Waals surface area (Å²) in [5, 5.41) is 9.48. The van der Waals surface area contributed by atoms with Gasteiger partial charge in [-0.2, -0.15) is 13.2 Å². The molecule has 0 aromatic heterocycles. The lowest BCUT2D eigenvalue weighted by Crippen LogP contribution is -2.31. The van der Waals surface area contributed by atoms with Gasteiger partial charge in [-0.05, 0) is 59.2 Å². The fourth-order valence-corrected chi connectivity index (χ4v) is 5.87. The lowest BCUT2D eigenvalue weighted by Gasteiger charge is -2.29. The number of carboxylic acid groups (broad SMARTS) is 1. The SMILES string of the molecule is CC(C)C[C@H](C(=O)O)c1cccc(OCCCN(Cc2cccc(C(F)(F)F)c2Cl)CC(c2ccccc2)c2ccccc2)c1. The van der Waals surface area contributed by atoms with E-state index in [0.29, 0.717) is 49.4 Å². The minimum Gasteiger partial charge on any atom is -0.494 e. The number of alkyl halides is 3. The van der Waals surface area contributed by atoms with Crippen LogP contribution in [0.25, 0.3) is 0 Å². The number of halogens is 4. The third-order valence-electron chi connectivity index (χ3n) is 7.78. The van der Waals surface area contributed by atoms with Crippen LogP contribution in [0, 0.1) is 5.92 Å². The van der Waals surface area contributed by atoms with Gasteiger partial charge < -0.3 is 9.84 Å². The number of nitrogens with zero attached hydrogens (tertiary/aromatic N) is 1. The number of benzene rings is 4. The number of hydrogen-bond acceptors (Lipinski definition) is 3. The smallest absolute Gasteiger partial charge is 0.417 e. The van der Waals surface area contributed by atoms with Gasteiger partial charge in [0.15, 0.2) is 0 Å². The van der Waals surface area contributed by atoms with Crippen LogP contribution in [0.3, 0.4) is 0 Å². The van der Waals surface area contributed by atoms with Crippen LogP contribution < -0.4 is 4.74 Å². The van der Waals surface area contributed by atoms with E-state index < -0.39 is 23.6 Å². The first-order valence-electron chi connectivity index (χ1n) is 15.1. The number of rotatable bonds is 15. The Labute approximate surface area is 268 Å². The van der Waals surface area contributed by atoms with Crippen molar-refractivity contribution in [3.8, 4) is 5.75 Å². The molecular weight excluding hydrogens is 599 g/mol. The number of ether oxygens (including phenoxy) is 1. The van der Waals surface area contributed by atoms with Gasteiger partial charge >= 0.3 is 12.1 Å². The molecule has 4 nitrogen and oxygen atoms in total. The second-order valence-electron chi connectivity index (χ2n) is 11.7. The predicted octanol–water partition coefficient (Wildman–Crippen LogP) is 9.68. The number of hydrogen-bond donors (Lipinski definition) is 1. The minimum absolute atomic E-state index is 0.0246. The lowest BCUT2D eigenvalue weighted by atomic mass is 9.90. The van der Waals surface area contributed by atoms with E-state index in [1.165, 1.54) is 6.07 Å². The molecule has 0 unspecified atom stereocenters. The summed E-state index contributed by atoms with van der Waals surface area (Å²) in [6.07, 6.45) is -3.44. The van der Waals surface area contributed by atoms with E-state index in [9.17, 15) is 23.1 Å². The van der Waals surface area contributed by atoms with E-state index in [1.807, 2.05) is 56.3 Å². The molecule has 0 fully saturated rings. The van der Waals surface area contributed by atoms with Crippen LogP contribution in [-0.2, 0) is 17.5 Å². The number of aliphatic carboxylic acids is 1. The van der Waals surface area contributed by atoms with Gasteiger partial charge in [0.25, 0.3) is 0 Å². The van der Waals surface area contributed by atoms with Crippen molar-refractivity contribution in [3.05, 3.63) is 136 Å². The number of carboxylic acids is 1. The first-order valence-corrected chi connectivity index (χ1v) is 15.5. The Morgan fingerprint density at radius 3 is 2.04 bits per heavy atom. The third-order valence-corrected chi connectivity index (χ3v) is 8.22. The molecule has 0 aliphatic heterocycles. The summed E-state index contributed by atoms with van der Waals surface area (Å²) in [4.78, 5) is 14.0.